The number of aromatic nitrogens is 5. The molecule has 3 aromatic rings. The van der Waals surface area contributed by atoms with E-state index < -0.39 is 5.41 Å². The Hall–Kier alpha value is -2.74. The van der Waals surface area contributed by atoms with E-state index in [0.717, 1.165) is 16.5 Å². The molecule has 0 spiro atoms. The maximum absolute atomic E-state index is 12.1. The van der Waals surface area contributed by atoms with Gasteiger partial charge in [0.25, 0.3) is 0 Å². The number of hydrogen-bond acceptors (Lipinski definition) is 6. The van der Waals surface area contributed by atoms with Crippen molar-refractivity contribution in [2.45, 2.75) is 65.6 Å². The van der Waals surface area contributed by atoms with Gasteiger partial charge in [0, 0.05) is 35.5 Å². The summed E-state index contributed by atoms with van der Waals surface area (Å²) in [5, 5.41) is 23.6. The van der Waals surface area contributed by atoms with Crippen LogP contribution in [0.4, 0.5) is 0 Å². The maximum atomic E-state index is 12.1. The Morgan fingerprint density at radius 1 is 1.29 bits per heavy atom. The molecule has 8 heteroatoms. The molecule has 0 aliphatic heterocycles. The van der Waals surface area contributed by atoms with E-state index in [4.69, 9.17) is 4.74 Å². The molecule has 166 valence electrons. The van der Waals surface area contributed by atoms with Gasteiger partial charge in [0.2, 0.25) is 0 Å². The summed E-state index contributed by atoms with van der Waals surface area (Å²) in [6, 6.07) is 2.18. The highest BCUT2D eigenvalue weighted by Gasteiger charge is 2.27. The van der Waals surface area contributed by atoms with Crippen LogP contribution in [-0.4, -0.2) is 42.2 Å². The quantitative estimate of drug-likeness (QED) is 0.576. The van der Waals surface area contributed by atoms with E-state index in [-0.39, 0.29) is 25.3 Å². The van der Waals surface area contributed by atoms with Crippen LogP contribution in [0, 0.1) is 11.3 Å². The van der Waals surface area contributed by atoms with Crippen molar-refractivity contribution < 1.29 is 14.6 Å². The number of carbonyl (C=O) groups excluding carboxylic acids is 1. The second-order valence-electron chi connectivity index (χ2n) is 9.43. The summed E-state index contributed by atoms with van der Waals surface area (Å²) in [7, 11) is 0. The van der Waals surface area contributed by atoms with Crippen molar-refractivity contribution in [2.75, 3.05) is 6.61 Å². The number of aliphatic hydroxyl groups is 1. The predicted molar refractivity (Wildman–Crippen MR) is 117 cm³/mol. The van der Waals surface area contributed by atoms with Crippen LogP contribution in [0.3, 0.4) is 0 Å². The standard InChI is InChI=1S/C23H31N5O3/c1-23(2,3)22(30)31-15-27-10-8-18-19(13-24-26-21(18)27)17-12-25-28(14-17)20(9-11-29)16-6-4-5-7-16/h8,10,12-14,16,20,29H,4-7,9,11,15H2,1-3H3. The Morgan fingerprint density at radius 3 is 2.77 bits per heavy atom. The molecule has 1 atom stereocenters. The zero-order chi connectivity index (χ0) is 22.0. The lowest BCUT2D eigenvalue weighted by molar-refractivity contribution is -0.156. The van der Waals surface area contributed by atoms with E-state index in [1.165, 1.54) is 25.7 Å². The van der Waals surface area contributed by atoms with Crippen LogP contribution >= 0.6 is 0 Å². The van der Waals surface area contributed by atoms with Gasteiger partial charge in [0.1, 0.15) is 0 Å². The Bertz CT molecular complexity index is 1040. The highest BCUT2D eigenvalue weighted by molar-refractivity contribution is 5.92. The number of rotatable bonds is 7. The van der Waals surface area contributed by atoms with Crippen molar-refractivity contribution in [3.8, 4) is 11.1 Å². The van der Waals surface area contributed by atoms with Crippen LogP contribution < -0.4 is 0 Å². The lowest BCUT2D eigenvalue weighted by Gasteiger charge is -2.23. The Balaban J connectivity index is 1.59. The van der Waals surface area contributed by atoms with Crippen molar-refractivity contribution >= 4 is 17.0 Å². The first-order chi connectivity index (χ1) is 14.9. The van der Waals surface area contributed by atoms with Crippen LogP contribution in [0.25, 0.3) is 22.2 Å². The second-order valence-corrected chi connectivity index (χ2v) is 9.43. The number of ether oxygens (including phenoxy) is 1. The van der Waals surface area contributed by atoms with Crippen molar-refractivity contribution in [1.29, 1.82) is 0 Å². The summed E-state index contributed by atoms with van der Waals surface area (Å²) in [5.74, 6) is 0.302. The smallest absolute Gasteiger partial charge is 0.312 e. The number of carbonyl (C=O) groups is 1. The third kappa shape index (κ3) is 4.49. The fourth-order valence-corrected chi connectivity index (χ4v) is 4.39. The van der Waals surface area contributed by atoms with E-state index in [0.29, 0.717) is 18.0 Å². The molecule has 0 aromatic carbocycles. The monoisotopic (exact) mass is 425 g/mol. The Kier molecular flexibility index (Phi) is 6.09. The Morgan fingerprint density at radius 2 is 2.06 bits per heavy atom. The minimum absolute atomic E-state index is 0.0945. The van der Waals surface area contributed by atoms with Gasteiger partial charge in [-0.1, -0.05) is 12.8 Å². The number of aliphatic hydroxyl groups excluding tert-OH is 1. The average Bonchev–Trinajstić information content (AvgIpc) is 3.50. The van der Waals surface area contributed by atoms with Crippen LogP contribution in [0.1, 0.15) is 58.9 Å². The van der Waals surface area contributed by atoms with Crippen molar-refractivity contribution in [3.63, 3.8) is 0 Å². The summed E-state index contributed by atoms with van der Waals surface area (Å²) in [5.41, 5.74) is 2.00. The van der Waals surface area contributed by atoms with Crippen LogP contribution in [0.2, 0.25) is 0 Å². The first-order valence-electron chi connectivity index (χ1n) is 11.0. The van der Waals surface area contributed by atoms with Gasteiger partial charge in [0.05, 0.1) is 23.9 Å². The lowest BCUT2D eigenvalue weighted by atomic mass is 9.96. The van der Waals surface area contributed by atoms with Gasteiger partial charge in [-0.3, -0.25) is 14.0 Å². The first-order valence-corrected chi connectivity index (χ1v) is 11.0. The summed E-state index contributed by atoms with van der Waals surface area (Å²) in [6.07, 6.45) is 13.1. The molecule has 31 heavy (non-hydrogen) atoms. The third-order valence-electron chi connectivity index (χ3n) is 6.13. The summed E-state index contributed by atoms with van der Waals surface area (Å²) < 4.78 is 9.23. The topological polar surface area (TPSA) is 95.1 Å². The fraction of sp³-hybridized carbons (Fsp3) is 0.565. The van der Waals surface area contributed by atoms with Crippen molar-refractivity contribution in [3.05, 3.63) is 30.9 Å². The molecule has 3 aromatic heterocycles. The molecular weight excluding hydrogens is 394 g/mol. The number of esters is 1. The van der Waals surface area contributed by atoms with Gasteiger partial charge in [-0.05, 0) is 52.0 Å². The molecule has 0 amide bonds. The minimum atomic E-state index is -0.557. The predicted octanol–water partition coefficient (Wildman–Crippen LogP) is 3.96. The zero-order valence-electron chi connectivity index (χ0n) is 18.5. The number of nitrogens with zero attached hydrogens (tertiary/aromatic N) is 5. The van der Waals surface area contributed by atoms with E-state index in [1.807, 2.05) is 50.1 Å². The molecule has 0 radical (unpaired) electrons. The third-order valence-corrected chi connectivity index (χ3v) is 6.13. The summed E-state index contributed by atoms with van der Waals surface area (Å²) >= 11 is 0. The lowest BCUT2D eigenvalue weighted by Crippen LogP contribution is -2.23. The van der Waals surface area contributed by atoms with Gasteiger partial charge in [-0.25, -0.2) is 0 Å². The molecule has 1 unspecified atom stereocenters. The van der Waals surface area contributed by atoms with Gasteiger partial charge >= 0.3 is 5.97 Å². The van der Waals surface area contributed by atoms with E-state index in [2.05, 4.69) is 15.3 Å². The number of fused-ring (bicyclic) bond motifs is 1. The molecule has 0 bridgehead atoms. The molecule has 3 heterocycles. The molecule has 0 saturated heterocycles. The first kappa shape index (κ1) is 21.5. The van der Waals surface area contributed by atoms with E-state index in [1.54, 1.807) is 10.8 Å². The average molecular weight is 426 g/mol. The van der Waals surface area contributed by atoms with Gasteiger partial charge < -0.3 is 9.84 Å². The van der Waals surface area contributed by atoms with Crippen LogP contribution in [0.15, 0.2) is 30.9 Å². The molecule has 1 N–H and O–H groups in total. The second kappa shape index (κ2) is 8.78. The van der Waals surface area contributed by atoms with Gasteiger partial charge in [0.15, 0.2) is 12.4 Å². The molecular formula is C23H31N5O3. The van der Waals surface area contributed by atoms with E-state index in [9.17, 15) is 9.90 Å². The molecule has 1 fully saturated rings. The zero-order valence-corrected chi connectivity index (χ0v) is 18.5. The fourth-order valence-electron chi connectivity index (χ4n) is 4.39. The molecule has 1 aliphatic rings. The highest BCUT2D eigenvalue weighted by Crippen LogP contribution is 2.37. The molecule has 1 saturated carbocycles. The van der Waals surface area contributed by atoms with Gasteiger partial charge in [-0.2, -0.15) is 10.2 Å². The summed E-state index contributed by atoms with van der Waals surface area (Å²) in [6.45, 7) is 5.74. The highest BCUT2D eigenvalue weighted by atomic mass is 16.5. The molecule has 8 nitrogen and oxygen atoms in total. The normalized spacial score (nSPS) is 16.1. The summed E-state index contributed by atoms with van der Waals surface area (Å²) in [4.78, 5) is 12.1. The molecule has 1 aliphatic carbocycles. The number of hydrogen-bond donors (Lipinski definition) is 1. The largest absolute Gasteiger partial charge is 0.443 e. The Labute approximate surface area is 182 Å². The van der Waals surface area contributed by atoms with Gasteiger partial charge in [-0.15, -0.1) is 5.10 Å². The van der Waals surface area contributed by atoms with Crippen molar-refractivity contribution in [2.24, 2.45) is 11.3 Å². The maximum Gasteiger partial charge on any atom is 0.312 e. The van der Waals surface area contributed by atoms with Crippen LogP contribution in [-0.2, 0) is 16.3 Å². The van der Waals surface area contributed by atoms with E-state index >= 15 is 0 Å². The van der Waals surface area contributed by atoms with Crippen molar-refractivity contribution in [1.82, 2.24) is 24.5 Å². The van der Waals surface area contributed by atoms with Crippen LogP contribution in [0.5, 0.6) is 0 Å². The molecule has 4 rings (SSSR count). The minimum Gasteiger partial charge on any atom is -0.443 e. The SMILES string of the molecule is CC(C)(C)C(=O)OCn1ccc2c(-c3cnn(C(CCO)C4CCCC4)c3)cnnc21.